The topological polar surface area (TPSA) is 142 Å². The number of aliphatic hydroxyl groups is 1. The maximum absolute atomic E-state index is 12.9. The number of amides is 2. The SMILES string of the molecule is CC/C=C\C/C=C\C/C=C\C/C=C\CCCCC(CCCCCCCC(=O)NCC(=O)NC(CO)C(=O)O)OC(=O)CCCCCCCC/C=C\C/C=C\C/C=C\CCCCC. The molecule has 4 N–H and O–H groups in total. The average Bonchev–Trinajstić information content (AvgIpc) is 3.26. The molecule has 62 heavy (non-hydrogen) atoms. The van der Waals surface area contributed by atoms with E-state index in [2.05, 4.69) is 110 Å². The number of carboxylic acid groups (broad SMARTS) is 1. The van der Waals surface area contributed by atoms with Crippen LogP contribution in [0.1, 0.15) is 200 Å². The molecular weight excluding hydrogens is 777 g/mol. The number of esters is 1. The first kappa shape index (κ1) is 58.0. The average molecular weight is 865 g/mol. The van der Waals surface area contributed by atoms with Crippen LogP contribution in [0.4, 0.5) is 0 Å². The number of carbonyl (C=O) groups excluding carboxylic acids is 3. The molecule has 0 aromatic carbocycles. The number of allylic oxidation sites excluding steroid dienone is 14. The summed E-state index contributed by atoms with van der Waals surface area (Å²) in [5.41, 5.74) is 0. The van der Waals surface area contributed by atoms with Crippen LogP contribution in [0.5, 0.6) is 0 Å². The molecule has 2 amide bonds. The van der Waals surface area contributed by atoms with Crippen LogP contribution in [0, 0.1) is 0 Å². The van der Waals surface area contributed by atoms with Gasteiger partial charge in [-0.15, -0.1) is 0 Å². The lowest BCUT2D eigenvalue weighted by Gasteiger charge is -2.18. The van der Waals surface area contributed by atoms with E-state index in [0.717, 1.165) is 122 Å². The van der Waals surface area contributed by atoms with Crippen molar-refractivity contribution < 1.29 is 34.1 Å². The summed E-state index contributed by atoms with van der Waals surface area (Å²) in [6.45, 7) is 3.33. The predicted molar refractivity (Wildman–Crippen MR) is 259 cm³/mol. The van der Waals surface area contributed by atoms with Crippen molar-refractivity contribution in [3.05, 3.63) is 85.1 Å². The van der Waals surface area contributed by atoms with Crippen LogP contribution in [0.3, 0.4) is 0 Å². The second kappa shape index (κ2) is 46.5. The van der Waals surface area contributed by atoms with Crippen molar-refractivity contribution >= 4 is 23.8 Å². The first-order chi connectivity index (χ1) is 30.3. The molecule has 0 heterocycles. The monoisotopic (exact) mass is 865 g/mol. The van der Waals surface area contributed by atoms with Crippen molar-refractivity contribution in [3.63, 3.8) is 0 Å². The number of hydrogen-bond donors (Lipinski definition) is 4. The normalized spacial score (nSPS) is 13.2. The molecule has 0 aliphatic heterocycles. The molecule has 0 aliphatic carbocycles. The van der Waals surface area contributed by atoms with Crippen LogP contribution in [0.25, 0.3) is 0 Å². The van der Waals surface area contributed by atoms with Gasteiger partial charge in [0.05, 0.1) is 13.2 Å². The molecule has 2 unspecified atom stereocenters. The molecule has 9 heteroatoms. The molecule has 0 aromatic rings. The van der Waals surface area contributed by atoms with Gasteiger partial charge in [0, 0.05) is 12.8 Å². The van der Waals surface area contributed by atoms with Gasteiger partial charge in [0.15, 0.2) is 0 Å². The summed E-state index contributed by atoms with van der Waals surface area (Å²) >= 11 is 0. The fourth-order valence-electron chi connectivity index (χ4n) is 6.65. The van der Waals surface area contributed by atoms with Crippen LogP contribution < -0.4 is 10.6 Å². The molecule has 0 saturated heterocycles. The second-order valence-electron chi connectivity index (χ2n) is 16.2. The van der Waals surface area contributed by atoms with Gasteiger partial charge in [-0.1, -0.05) is 157 Å². The summed E-state index contributed by atoms with van der Waals surface area (Å²) in [5.74, 6) is -2.35. The molecule has 0 bridgehead atoms. The predicted octanol–water partition coefficient (Wildman–Crippen LogP) is 12.8. The molecule has 0 fully saturated rings. The molecule has 2 atom stereocenters. The van der Waals surface area contributed by atoms with E-state index in [4.69, 9.17) is 14.9 Å². The summed E-state index contributed by atoms with van der Waals surface area (Å²) in [5, 5.41) is 22.6. The van der Waals surface area contributed by atoms with E-state index in [0.29, 0.717) is 12.8 Å². The van der Waals surface area contributed by atoms with Crippen molar-refractivity contribution in [1.82, 2.24) is 10.6 Å². The summed E-state index contributed by atoms with van der Waals surface area (Å²) in [7, 11) is 0. The van der Waals surface area contributed by atoms with Crippen molar-refractivity contribution in [3.8, 4) is 0 Å². The van der Waals surface area contributed by atoms with E-state index in [9.17, 15) is 19.2 Å². The number of carboxylic acids is 1. The highest BCUT2D eigenvalue weighted by molar-refractivity contribution is 5.87. The molecular formula is C53H88N2O7. The summed E-state index contributed by atoms with van der Waals surface area (Å²) in [4.78, 5) is 47.8. The van der Waals surface area contributed by atoms with E-state index in [1.807, 2.05) is 0 Å². The number of nitrogens with one attached hydrogen (secondary N) is 2. The second-order valence-corrected chi connectivity index (χ2v) is 16.2. The summed E-state index contributed by atoms with van der Waals surface area (Å²) in [6, 6.07) is -1.39. The zero-order valence-electron chi connectivity index (χ0n) is 39.1. The Hall–Kier alpha value is -3.98. The highest BCUT2D eigenvalue weighted by Crippen LogP contribution is 2.18. The fraction of sp³-hybridized carbons (Fsp3) is 0.660. The highest BCUT2D eigenvalue weighted by atomic mass is 16.5. The number of hydrogen-bond acceptors (Lipinski definition) is 6. The largest absolute Gasteiger partial charge is 0.480 e. The van der Waals surface area contributed by atoms with Crippen LogP contribution >= 0.6 is 0 Å². The maximum atomic E-state index is 12.9. The Labute approximate surface area is 377 Å². The van der Waals surface area contributed by atoms with Crippen molar-refractivity contribution in [2.24, 2.45) is 0 Å². The Morgan fingerprint density at radius 2 is 0.919 bits per heavy atom. The lowest BCUT2D eigenvalue weighted by molar-refractivity contribution is -0.150. The van der Waals surface area contributed by atoms with Crippen LogP contribution in [0.2, 0.25) is 0 Å². The van der Waals surface area contributed by atoms with Crippen LogP contribution in [0.15, 0.2) is 85.1 Å². The third kappa shape index (κ3) is 42.7. The van der Waals surface area contributed by atoms with Crippen molar-refractivity contribution in [1.29, 1.82) is 0 Å². The van der Waals surface area contributed by atoms with Crippen molar-refractivity contribution in [2.45, 2.75) is 212 Å². The molecule has 352 valence electrons. The number of aliphatic carboxylic acids is 1. The lowest BCUT2D eigenvalue weighted by Crippen LogP contribution is -2.47. The molecule has 0 aliphatic rings. The Balaban J connectivity index is 4.44. The first-order valence-corrected chi connectivity index (χ1v) is 24.5. The number of aliphatic hydroxyl groups excluding tert-OH is 1. The summed E-state index contributed by atoms with van der Waals surface area (Å²) < 4.78 is 6.03. The van der Waals surface area contributed by atoms with E-state index in [-0.39, 0.29) is 30.9 Å². The van der Waals surface area contributed by atoms with E-state index < -0.39 is 24.5 Å². The van der Waals surface area contributed by atoms with Crippen LogP contribution in [-0.4, -0.2) is 59.3 Å². The van der Waals surface area contributed by atoms with Gasteiger partial charge in [-0.2, -0.15) is 0 Å². The third-order valence-corrected chi connectivity index (χ3v) is 10.4. The Bertz CT molecular complexity index is 1310. The van der Waals surface area contributed by atoms with E-state index in [1.165, 1.54) is 44.9 Å². The first-order valence-electron chi connectivity index (χ1n) is 24.5. The Morgan fingerprint density at radius 1 is 0.500 bits per heavy atom. The minimum absolute atomic E-state index is 0.0656. The minimum atomic E-state index is -1.39. The maximum Gasteiger partial charge on any atom is 0.328 e. The molecule has 0 aromatic heterocycles. The van der Waals surface area contributed by atoms with E-state index in [1.54, 1.807) is 0 Å². The zero-order chi connectivity index (χ0) is 45.4. The fourth-order valence-corrected chi connectivity index (χ4v) is 6.65. The minimum Gasteiger partial charge on any atom is -0.480 e. The standard InChI is InChI=1S/C53H88N2O7/c1-3-5-7-9-11-13-15-17-19-20-21-22-24-26-28-30-32-37-41-45-52(59)62-48(42-38-34-31-29-27-25-23-18-16-14-12-10-8-6-4-2)43-39-35-33-36-40-44-50(57)54-46-51(58)55-49(47-56)53(60)61/h6,8,11-14,17-19,21-23,27,29,48-49,56H,3-5,7,9-10,15-16,20,24-26,28,30-47H2,1-2H3,(H,54,57)(H,55,58)(H,60,61)/b8-6-,13-11-,14-12-,19-17-,22-21-,23-18-,29-27-. The molecule has 0 spiro atoms. The van der Waals surface area contributed by atoms with Gasteiger partial charge in [0.2, 0.25) is 11.8 Å². The van der Waals surface area contributed by atoms with Gasteiger partial charge in [-0.05, 0) is 116 Å². The summed E-state index contributed by atoms with van der Waals surface area (Å²) in [6.07, 6.45) is 60.3. The molecule has 0 radical (unpaired) electrons. The smallest absolute Gasteiger partial charge is 0.328 e. The number of carbonyl (C=O) groups is 4. The molecule has 9 nitrogen and oxygen atoms in total. The number of unbranched alkanes of at least 4 members (excludes halogenated alkanes) is 15. The molecule has 0 rings (SSSR count). The highest BCUT2D eigenvalue weighted by Gasteiger charge is 2.19. The lowest BCUT2D eigenvalue weighted by atomic mass is 10.0. The van der Waals surface area contributed by atoms with Crippen LogP contribution in [-0.2, 0) is 23.9 Å². The number of ether oxygens (including phenoxy) is 1. The zero-order valence-corrected chi connectivity index (χ0v) is 39.1. The Morgan fingerprint density at radius 3 is 1.42 bits per heavy atom. The molecule has 0 saturated carbocycles. The Kier molecular flexibility index (Phi) is 43.5. The van der Waals surface area contributed by atoms with Crippen molar-refractivity contribution in [2.75, 3.05) is 13.2 Å². The van der Waals surface area contributed by atoms with Gasteiger partial charge in [0.1, 0.15) is 12.1 Å². The van der Waals surface area contributed by atoms with Gasteiger partial charge in [-0.25, -0.2) is 4.79 Å². The van der Waals surface area contributed by atoms with Gasteiger partial charge < -0.3 is 25.6 Å². The van der Waals surface area contributed by atoms with Gasteiger partial charge in [-0.3, -0.25) is 14.4 Å². The third-order valence-electron chi connectivity index (χ3n) is 10.4. The number of rotatable bonds is 43. The quantitative estimate of drug-likeness (QED) is 0.0272. The van der Waals surface area contributed by atoms with Gasteiger partial charge in [0.25, 0.3) is 0 Å². The van der Waals surface area contributed by atoms with Gasteiger partial charge >= 0.3 is 11.9 Å². The van der Waals surface area contributed by atoms with E-state index >= 15 is 0 Å².